The number of benzene rings is 2. The Kier molecular flexibility index (Phi) is 3.53. The van der Waals surface area contributed by atoms with E-state index in [2.05, 4.69) is 9.71 Å². The van der Waals surface area contributed by atoms with Crippen LogP contribution in [0.25, 0.3) is 15.6 Å². The van der Waals surface area contributed by atoms with Crippen molar-refractivity contribution < 1.29 is 8.42 Å². The Balaban J connectivity index is 2.09. The van der Waals surface area contributed by atoms with Crippen molar-refractivity contribution in [1.82, 2.24) is 4.98 Å². The van der Waals surface area contributed by atoms with Crippen molar-refractivity contribution >= 4 is 38.2 Å². The van der Waals surface area contributed by atoms with Gasteiger partial charge in [0.05, 0.1) is 10.4 Å². The van der Waals surface area contributed by atoms with Crippen LogP contribution in [0.5, 0.6) is 0 Å². The molecule has 0 radical (unpaired) electrons. The van der Waals surface area contributed by atoms with Crippen LogP contribution < -0.4 is 0 Å². The third-order valence-corrected chi connectivity index (χ3v) is 4.59. The average Bonchev–Trinajstić information content (AvgIpc) is 2.51. The van der Waals surface area contributed by atoms with Crippen LogP contribution >= 0.6 is 11.6 Å². The molecule has 0 aliphatic carbocycles. The fourth-order valence-corrected chi connectivity index (χ4v) is 3.20. The number of halogens is 1. The summed E-state index contributed by atoms with van der Waals surface area (Å²) in [5.41, 5.74) is 0.739. The molecule has 0 bridgehead atoms. The van der Waals surface area contributed by atoms with Gasteiger partial charge in [-0.1, -0.05) is 35.9 Å². The first kappa shape index (κ1) is 13.9. The highest BCUT2D eigenvalue weighted by Crippen LogP contribution is 2.35. The SMILES string of the molecule is O=S(=O)([N-]c1ccc(Cl)c2cccnc12)c1ccccc1. The quantitative estimate of drug-likeness (QED) is 0.724. The van der Waals surface area contributed by atoms with Gasteiger partial charge in [-0.05, 0) is 30.3 Å². The van der Waals surface area contributed by atoms with Crippen LogP contribution in [0, 0.1) is 0 Å². The normalized spacial score (nSPS) is 11.5. The molecule has 0 amide bonds. The van der Waals surface area contributed by atoms with Crippen LogP contribution in [0.4, 0.5) is 5.69 Å². The number of pyridine rings is 1. The van der Waals surface area contributed by atoms with Gasteiger partial charge in [-0.2, -0.15) is 0 Å². The van der Waals surface area contributed by atoms with E-state index < -0.39 is 10.0 Å². The van der Waals surface area contributed by atoms with E-state index in [4.69, 9.17) is 11.6 Å². The van der Waals surface area contributed by atoms with E-state index in [0.29, 0.717) is 15.9 Å². The molecule has 0 N–H and O–H groups in total. The molecule has 0 saturated heterocycles. The summed E-state index contributed by atoms with van der Waals surface area (Å²) >= 11 is 6.09. The fraction of sp³-hybridized carbons (Fsp3) is 0. The average molecular weight is 318 g/mol. The highest BCUT2D eigenvalue weighted by Gasteiger charge is 2.06. The lowest BCUT2D eigenvalue weighted by molar-refractivity contribution is 0.603. The van der Waals surface area contributed by atoms with Gasteiger partial charge < -0.3 is 4.72 Å². The Morgan fingerprint density at radius 1 is 0.952 bits per heavy atom. The second-order valence-electron chi connectivity index (χ2n) is 4.35. The van der Waals surface area contributed by atoms with Crippen LogP contribution in [-0.2, 0) is 10.0 Å². The number of nitrogens with zero attached hydrogens (tertiary/aromatic N) is 2. The topological polar surface area (TPSA) is 61.1 Å². The Morgan fingerprint density at radius 2 is 1.71 bits per heavy atom. The van der Waals surface area contributed by atoms with Crippen molar-refractivity contribution in [1.29, 1.82) is 0 Å². The van der Waals surface area contributed by atoms with E-state index in [-0.39, 0.29) is 10.6 Å². The Bertz CT molecular complexity index is 896. The lowest BCUT2D eigenvalue weighted by atomic mass is 10.2. The minimum atomic E-state index is -3.78. The number of hydrogen-bond acceptors (Lipinski definition) is 3. The fourth-order valence-electron chi connectivity index (χ4n) is 1.97. The predicted molar refractivity (Wildman–Crippen MR) is 83.4 cm³/mol. The zero-order chi connectivity index (χ0) is 14.9. The molecule has 3 aromatic rings. The molecular weight excluding hydrogens is 308 g/mol. The van der Waals surface area contributed by atoms with Crippen molar-refractivity contribution in [2.75, 3.05) is 0 Å². The van der Waals surface area contributed by atoms with Gasteiger partial charge in [0.1, 0.15) is 10.0 Å². The minimum Gasteiger partial charge on any atom is -0.571 e. The van der Waals surface area contributed by atoms with Gasteiger partial charge in [0.15, 0.2) is 0 Å². The van der Waals surface area contributed by atoms with Crippen LogP contribution in [0.1, 0.15) is 0 Å². The summed E-state index contributed by atoms with van der Waals surface area (Å²) in [5.74, 6) is 0. The molecule has 0 spiro atoms. The van der Waals surface area contributed by atoms with E-state index in [9.17, 15) is 8.42 Å². The molecule has 0 aliphatic heterocycles. The summed E-state index contributed by atoms with van der Waals surface area (Å²) in [6.45, 7) is 0. The van der Waals surface area contributed by atoms with Crippen molar-refractivity contribution in [2.24, 2.45) is 0 Å². The Morgan fingerprint density at radius 3 is 2.48 bits per heavy atom. The summed E-state index contributed by atoms with van der Waals surface area (Å²) in [6.07, 6.45) is 1.58. The molecular formula is C15H10ClN2O2S-. The molecule has 21 heavy (non-hydrogen) atoms. The summed E-state index contributed by atoms with van der Waals surface area (Å²) in [4.78, 5) is 4.32. The molecule has 1 aromatic heterocycles. The molecule has 0 fully saturated rings. The first-order valence-electron chi connectivity index (χ1n) is 6.14. The van der Waals surface area contributed by atoms with Crippen LogP contribution in [0.3, 0.4) is 0 Å². The van der Waals surface area contributed by atoms with Gasteiger partial charge in [-0.15, -0.1) is 5.69 Å². The van der Waals surface area contributed by atoms with Crippen molar-refractivity contribution in [3.8, 4) is 0 Å². The first-order chi connectivity index (χ1) is 10.1. The van der Waals surface area contributed by atoms with Gasteiger partial charge >= 0.3 is 0 Å². The lowest BCUT2D eigenvalue weighted by Gasteiger charge is -2.23. The number of sulfonamides is 1. The Labute approximate surface area is 127 Å². The molecule has 4 nitrogen and oxygen atoms in total. The van der Waals surface area contributed by atoms with E-state index in [1.807, 2.05) is 0 Å². The van der Waals surface area contributed by atoms with E-state index >= 15 is 0 Å². The molecule has 0 atom stereocenters. The van der Waals surface area contributed by atoms with Gasteiger partial charge in [0.2, 0.25) is 0 Å². The van der Waals surface area contributed by atoms with Crippen LogP contribution in [0.15, 0.2) is 65.7 Å². The highest BCUT2D eigenvalue weighted by molar-refractivity contribution is 7.94. The molecule has 1 heterocycles. The third kappa shape index (κ3) is 2.70. The molecule has 0 unspecified atom stereocenters. The van der Waals surface area contributed by atoms with Gasteiger partial charge in [-0.3, -0.25) is 4.98 Å². The Hall–Kier alpha value is -2.11. The van der Waals surface area contributed by atoms with E-state index in [1.165, 1.54) is 12.1 Å². The largest absolute Gasteiger partial charge is 0.571 e. The summed E-state index contributed by atoms with van der Waals surface area (Å²) < 4.78 is 28.5. The van der Waals surface area contributed by atoms with Gasteiger partial charge in [0.25, 0.3) is 0 Å². The molecule has 0 aliphatic rings. The zero-order valence-corrected chi connectivity index (χ0v) is 12.3. The molecule has 0 saturated carbocycles. The van der Waals surface area contributed by atoms with Gasteiger partial charge in [-0.25, -0.2) is 8.42 Å². The second kappa shape index (κ2) is 5.35. The second-order valence-corrected chi connectivity index (χ2v) is 6.36. The monoisotopic (exact) mass is 317 g/mol. The van der Waals surface area contributed by atoms with E-state index in [1.54, 1.807) is 48.7 Å². The minimum absolute atomic E-state index is 0.143. The number of fused-ring (bicyclic) bond motifs is 1. The molecule has 106 valence electrons. The number of aromatic nitrogens is 1. The van der Waals surface area contributed by atoms with Gasteiger partial charge in [0, 0.05) is 16.6 Å². The maximum absolute atomic E-state index is 12.3. The predicted octanol–water partition coefficient (Wildman–Crippen LogP) is 4.28. The highest BCUT2D eigenvalue weighted by atomic mass is 35.5. The van der Waals surface area contributed by atoms with Crippen molar-refractivity contribution in [2.45, 2.75) is 4.90 Å². The van der Waals surface area contributed by atoms with Crippen molar-refractivity contribution in [3.05, 3.63) is 70.5 Å². The number of rotatable bonds is 3. The first-order valence-corrected chi connectivity index (χ1v) is 7.96. The maximum Gasteiger partial charge on any atom is 0.123 e. The molecule has 6 heteroatoms. The van der Waals surface area contributed by atoms with E-state index in [0.717, 1.165) is 0 Å². The maximum atomic E-state index is 12.3. The molecule has 3 rings (SSSR count). The van der Waals surface area contributed by atoms with Crippen LogP contribution in [0.2, 0.25) is 5.02 Å². The lowest BCUT2D eigenvalue weighted by Crippen LogP contribution is -1.97. The summed E-state index contributed by atoms with van der Waals surface area (Å²) in [7, 11) is -3.78. The smallest absolute Gasteiger partial charge is 0.123 e. The summed E-state index contributed by atoms with van der Waals surface area (Å²) in [6, 6.07) is 14.7. The number of hydrogen-bond donors (Lipinski definition) is 0. The molecule has 2 aromatic carbocycles. The van der Waals surface area contributed by atoms with Crippen molar-refractivity contribution in [3.63, 3.8) is 0 Å². The van der Waals surface area contributed by atoms with Crippen LogP contribution in [-0.4, -0.2) is 13.4 Å². The third-order valence-electron chi connectivity index (χ3n) is 2.95. The zero-order valence-electron chi connectivity index (χ0n) is 10.8. The standard InChI is InChI=1S/C15H10ClN2O2S/c16-13-8-9-14(15-12(13)7-4-10-17-15)18-21(19,20)11-5-2-1-3-6-11/h1-10H/q-1. The summed E-state index contributed by atoms with van der Waals surface area (Å²) in [5, 5.41) is 1.18.